The minimum atomic E-state index is -0.668. The van der Waals surface area contributed by atoms with Gasteiger partial charge in [-0.2, -0.15) is 9.97 Å². The molecule has 2 atom stereocenters. The van der Waals surface area contributed by atoms with Crippen molar-refractivity contribution in [2.45, 2.75) is 64.0 Å². The number of piperazine rings is 1. The Balaban J connectivity index is 1.18. The van der Waals surface area contributed by atoms with Crippen LogP contribution in [0.5, 0.6) is 11.8 Å². The monoisotopic (exact) mass is 644 g/mol. The molecular formula is C36H39F3N6O2. The zero-order valence-electron chi connectivity index (χ0n) is 26.5. The molecule has 0 radical (unpaired) electrons. The average Bonchev–Trinajstić information content (AvgIpc) is 3.77. The second-order valence-electron chi connectivity index (χ2n) is 13.9. The van der Waals surface area contributed by atoms with E-state index in [-0.39, 0.29) is 34.2 Å². The summed E-state index contributed by atoms with van der Waals surface area (Å²) in [5.41, 5.74) is 1.64. The number of rotatable bonds is 8. The summed E-state index contributed by atoms with van der Waals surface area (Å²) in [7, 11) is 0. The maximum atomic E-state index is 16.8. The first-order valence-electron chi connectivity index (χ1n) is 16.8. The first-order chi connectivity index (χ1) is 22.8. The fourth-order valence-electron chi connectivity index (χ4n) is 7.84. The number of piperidine rings is 1. The highest BCUT2D eigenvalue weighted by Gasteiger charge is 2.45. The molecule has 5 heterocycles. The number of fused-ring (bicyclic) bond motifs is 4. The maximum Gasteiger partial charge on any atom is 0.319 e. The Hall–Kier alpha value is -3.96. The van der Waals surface area contributed by atoms with E-state index in [0.717, 1.165) is 83.2 Å². The van der Waals surface area contributed by atoms with Gasteiger partial charge in [0.2, 0.25) is 0 Å². The molecule has 0 unspecified atom stereocenters. The summed E-state index contributed by atoms with van der Waals surface area (Å²) in [6.45, 7) is 6.23. The normalized spacial score (nSPS) is 22.3. The number of halogens is 3. The highest BCUT2D eigenvalue weighted by Crippen LogP contribution is 2.47. The number of nitrogens with zero attached hydrogens (tertiary/aromatic N) is 5. The van der Waals surface area contributed by atoms with Gasteiger partial charge in [-0.3, -0.25) is 4.98 Å². The molecule has 1 saturated carbocycles. The van der Waals surface area contributed by atoms with Gasteiger partial charge in [0.1, 0.15) is 28.6 Å². The molecule has 4 aliphatic rings. The number of ether oxygens (including phenoxy) is 1. The lowest BCUT2D eigenvalue weighted by Gasteiger charge is -2.34. The van der Waals surface area contributed by atoms with Crippen molar-refractivity contribution in [3.8, 4) is 23.0 Å². The van der Waals surface area contributed by atoms with Gasteiger partial charge in [0.15, 0.2) is 5.82 Å². The third-order valence-electron chi connectivity index (χ3n) is 10.6. The molecule has 2 N–H and O–H groups in total. The van der Waals surface area contributed by atoms with Crippen LogP contribution >= 0.6 is 0 Å². The van der Waals surface area contributed by atoms with Crippen LogP contribution in [0.15, 0.2) is 42.4 Å². The highest BCUT2D eigenvalue weighted by molar-refractivity contribution is 6.01. The van der Waals surface area contributed by atoms with E-state index in [9.17, 15) is 13.9 Å². The van der Waals surface area contributed by atoms with Crippen LogP contribution < -0.4 is 15.0 Å². The minimum absolute atomic E-state index is 0.0138. The van der Waals surface area contributed by atoms with Crippen LogP contribution in [0.25, 0.3) is 32.9 Å². The van der Waals surface area contributed by atoms with E-state index in [1.807, 2.05) is 6.92 Å². The van der Waals surface area contributed by atoms with Crippen molar-refractivity contribution >= 4 is 27.5 Å². The van der Waals surface area contributed by atoms with Crippen LogP contribution in [0.3, 0.4) is 0 Å². The molecule has 3 aliphatic heterocycles. The van der Waals surface area contributed by atoms with E-state index in [4.69, 9.17) is 9.72 Å². The second kappa shape index (κ2) is 11.9. The summed E-state index contributed by atoms with van der Waals surface area (Å²) in [6, 6.07) is 6.72. The summed E-state index contributed by atoms with van der Waals surface area (Å²) in [5.74, 6) is -0.529. The van der Waals surface area contributed by atoms with Crippen molar-refractivity contribution in [3.63, 3.8) is 0 Å². The molecule has 4 fully saturated rings. The Morgan fingerprint density at radius 3 is 2.55 bits per heavy atom. The topological polar surface area (TPSA) is 86.6 Å². The van der Waals surface area contributed by atoms with Crippen LogP contribution in [0.4, 0.5) is 19.0 Å². The number of likely N-dealkylation sites (tertiary alicyclic amines) is 1. The fraction of sp³-hybridized carbons (Fsp3) is 0.472. The van der Waals surface area contributed by atoms with Crippen molar-refractivity contribution in [1.82, 2.24) is 25.2 Å². The quantitative estimate of drug-likeness (QED) is 0.227. The maximum absolute atomic E-state index is 16.8. The zero-order chi connectivity index (χ0) is 32.3. The smallest absolute Gasteiger partial charge is 0.319 e. The summed E-state index contributed by atoms with van der Waals surface area (Å²) in [5, 5.41) is 15.8. The van der Waals surface area contributed by atoms with Gasteiger partial charge in [-0.05, 0) is 85.1 Å². The van der Waals surface area contributed by atoms with Crippen molar-refractivity contribution in [2.24, 2.45) is 5.41 Å². The number of aromatic hydroxyl groups is 1. The number of aryl methyl sites for hydroxylation is 1. The van der Waals surface area contributed by atoms with Gasteiger partial charge in [0, 0.05) is 62.0 Å². The molecule has 11 heteroatoms. The van der Waals surface area contributed by atoms with Crippen molar-refractivity contribution < 1.29 is 23.0 Å². The SMILES string of the molecule is CCc1c(F)ccc2cc(O)cc(-c3ncc4c(N5C[C@H]6CC[C@@H](C5)N6)nc(OCC5(CN6CCC(=CF)CC6)CC5)nc4c3F)c12. The molecular weight excluding hydrogens is 605 g/mol. The molecule has 3 saturated heterocycles. The number of phenolic OH excluding ortho intramolecular Hbond substituents is 1. The van der Waals surface area contributed by atoms with Gasteiger partial charge < -0.3 is 25.0 Å². The van der Waals surface area contributed by atoms with Crippen molar-refractivity contribution in [3.05, 3.63) is 59.6 Å². The molecule has 8 nitrogen and oxygen atoms in total. The second-order valence-corrected chi connectivity index (χ2v) is 13.9. The minimum Gasteiger partial charge on any atom is -0.508 e. The summed E-state index contributed by atoms with van der Waals surface area (Å²) in [6.07, 6.45) is 8.40. The number of phenols is 1. The van der Waals surface area contributed by atoms with Crippen molar-refractivity contribution in [1.29, 1.82) is 0 Å². The van der Waals surface area contributed by atoms with Crippen LogP contribution in [0.2, 0.25) is 0 Å². The van der Waals surface area contributed by atoms with Gasteiger partial charge in [0.05, 0.1) is 18.3 Å². The van der Waals surface area contributed by atoms with Crippen LogP contribution in [0.1, 0.15) is 51.0 Å². The van der Waals surface area contributed by atoms with Gasteiger partial charge in [-0.15, -0.1) is 0 Å². The predicted octanol–water partition coefficient (Wildman–Crippen LogP) is 6.44. The summed E-state index contributed by atoms with van der Waals surface area (Å²) >= 11 is 0. The number of hydrogen-bond acceptors (Lipinski definition) is 8. The van der Waals surface area contributed by atoms with Gasteiger partial charge >= 0.3 is 6.01 Å². The Morgan fingerprint density at radius 2 is 1.85 bits per heavy atom. The predicted molar refractivity (Wildman–Crippen MR) is 175 cm³/mol. The van der Waals surface area contributed by atoms with E-state index in [0.29, 0.717) is 58.2 Å². The molecule has 0 amide bonds. The average molecular weight is 645 g/mol. The van der Waals surface area contributed by atoms with E-state index in [2.05, 4.69) is 25.1 Å². The number of nitrogens with one attached hydrogen (secondary N) is 1. The molecule has 2 aromatic heterocycles. The van der Waals surface area contributed by atoms with Gasteiger partial charge in [-0.1, -0.05) is 13.0 Å². The van der Waals surface area contributed by atoms with Crippen molar-refractivity contribution in [2.75, 3.05) is 44.2 Å². The van der Waals surface area contributed by atoms with Crippen LogP contribution in [0, 0.1) is 17.0 Å². The van der Waals surface area contributed by atoms with Crippen LogP contribution in [-0.2, 0) is 6.42 Å². The summed E-state index contributed by atoms with van der Waals surface area (Å²) < 4.78 is 51.1. The Kier molecular flexibility index (Phi) is 7.71. The van der Waals surface area contributed by atoms with E-state index >= 15 is 4.39 Å². The van der Waals surface area contributed by atoms with E-state index in [1.165, 1.54) is 12.1 Å². The lowest BCUT2D eigenvalue weighted by Crippen LogP contribution is -2.51. The first-order valence-corrected chi connectivity index (χ1v) is 16.8. The largest absolute Gasteiger partial charge is 0.508 e. The summed E-state index contributed by atoms with van der Waals surface area (Å²) in [4.78, 5) is 18.6. The molecule has 0 spiro atoms. The molecule has 246 valence electrons. The third-order valence-corrected chi connectivity index (χ3v) is 10.6. The zero-order valence-corrected chi connectivity index (χ0v) is 26.5. The van der Waals surface area contributed by atoms with Gasteiger partial charge in [-0.25, -0.2) is 13.2 Å². The van der Waals surface area contributed by atoms with E-state index < -0.39 is 5.82 Å². The molecule has 4 aromatic rings. The first kappa shape index (κ1) is 30.4. The van der Waals surface area contributed by atoms with Crippen LogP contribution in [-0.4, -0.2) is 76.4 Å². The fourth-order valence-corrected chi connectivity index (χ4v) is 7.84. The molecule has 8 rings (SSSR count). The Morgan fingerprint density at radius 1 is 1.09 bits per heavy atom. The Bertz CT molecular complexity index is 1870. The van der Waals surface area contributed by atoms with Gasteiger partial charge in [0.25, 0.3) is 0 Å². The molecule has 2 aromatic carbocycles. The van der Waals surface area contributed by atoms with E-state index in [1.54, 1.807) is 18.3 Å². The Labute approximate surface area is 271 Å². The number of hydrogen-bond donors (Lipinski definition) is 2. The molecule has 47 heavy (non-hydrogen) atoms. The number of aromatic nitrogens is 3. The number of pyridine rings is 1. The lowest BCUT2D eigenvalue weighted by atomic mass is 9.94. The lowest BCUT2D eigenvalue weighted by molar-refractivity contribution is 0.148. The standard InChI is InChI=1S/C36H39F3N6O2/c1-2-26-29(38)6-3-22-13-25(46)14-27(30(22)26)32-31(39)33-28(16-40-32)34(45-17-23-4-5-24(18-45)41-23)43-35(42-33)47-20-36(9-10-36)19-44-11-7-21(15-37)8-12-44/h3,6,13-16,23-24,41,46H,2,4-5,7-12,17-20H2,1H3/t23-,24+. The number of anilines is 1. The highest BCUT2D eigenvalue weighted by atomic mass is 19.1. The number of benzene rings is 2. The molecule has 1 aliphatic carbocycles. The third kappa shape index (κ3) is 5.67. The molecule has 2 bridgehead atoms.